The number of hydrogen-bond acceptors (Lipinski definition) is 7. The zero-order valence-corrected chi connectivity index (χ0v) is 17.6. The third kappa shape index (κ3) is 11.4. The molecule has 1 heterocycles. The zero-order valence-electron chi connectivity index (χ0n) is 16.8. The van der Waals surface area contributed by atoms with Crippen LogP contribution in [0.5, 0.6) is 0 Å². The monoisotopic (exact) mass is 414 g/mol. The number of hydrogen-bond donors (Lipinski definition) is 4. The third-order valence-electron chi connectivity index (χ3n) is 4.57. The van der Waals surface area contributed by atoms with Crippen LogP contribution < -0.4 is 21.7 Å². The molecular formula is C19H34N4O4S. The summed E-state index contributed by atoms with van der Waals surface area (Å²) in [7, 11) is 0. The van der Waals surface area contributed by atoms with Gasteiger partial charge in [-0.25, -0.2) is 0 Å². The lowest BCUT2D eigenvalue weighted by atomic mass is 10.0. The van der Waals surface area contributed by atoms with Crippen LogP contribution in [0.1, 0.15) is 58.3 Å². The maximum Gasteiger partial charge on any atom is 0.231 e. The van der Waals surface area contributed by atoms with E-state index >= 15 is 0 Å². The van der Waals surface area contributed by atoms with E-state index in [-0.39, 0.29) is 41.8 Å². The van der Waals surface area contributed by atoms with Gasteiger partial charge in [0, 0.05) is 19.9 Å². The Hall–Kier alpha value is -1.45. The molecule has 1 aliphatic rings. The van der Waals surface area contributed by atoms with Crippen LogP contribution in [0.4, 0.5) is 0 Å². The first-order valence-electron chi connectivity index (χ1n) is 10.0. The summed E-state index contributed by atoms with van der Waals surface area (Å²) in [6.45, 7) is 2.01. The quantitative estimate of drug-likeness (QED) is 0.446. The molecule has 8 nitrogen and oxygen atoms in total. The van der Waals surface area contributed by atoms with E-state index in [9.17, 15) is 19.2 Å². The number of ketones is 2. The van der Waals surface area contributed by atoms with E-state index in [0.29, 0.717) is 31.6 Å². The van der Waals surface area contributed by atoms with Gasteiger partial charge < -0.3 is 16.4 Å². The number of amides is 2. The highest BCUT2D eigenvalue weighted by molar-refractivity contribution is 8.00. The molecular weight excluding hydrogens is 380 g/mol. The van der Waals surface area contributed by atoms with E-state index in [1.54, 1.807) is 0 Å². The van der Waals surface area contributed by atoms with Crippen molar-refractivity contribution < 1.29 is 19.2 Å². The van der Waals surface area contributed by atoms with Crippen molar-refractivity contribution in [1.82, 2.24) is 16.0 Å². The van der Waals surface area contributed by atoms with Crippen LogP contribution in [-0.4, -0.2) is 60.2 Å². The Morgan fingerprint density at radius 1 is 1.18 bits per heavy atom. The molecule has 1 unspecified atom stereocenters. The van der Waals surface area contributed by atoms with Gasteiger partial charge in [0.25, 0.3) is 0 Å². The Labute approximate surface area is 171 Å². The minimum atomic E-state index is -0.406. The number of carbonyl (C=O) groups excluding carboxylic acids is 4. The maximum atomic E-state index is 12.2. The van der Waals surface area contributed by atoms with Gasteiger partial charge in [-0.05, 0) is 32.1 Å². The molecule has 0 spiro atoms. The van der Waals surface area contributed by atoms with E-state index in [2.05, 4.69) is 16.0 Å². The summed E-state index contributed by atoms with van der Waals surface area (Å²) in [5.74, 6) is 0.437. The van der Waals surface area contributed by atoms with Gasteiger partial charge in [0.1, 0.15) is 5.78 Å². The number of rotatable bonds is 7. The lowest BCUT2D eigenvalue weighted by molar-refractivity contribution is -0.122. The summed E-state index contributed by atoms with van der Waals surface area (Å²) >= 11 is 1.32. The summed E-state index contributed by atoms with van der Waals surface area (Å²) in [6.07, 6.45) is 5.55. The van der Waals surface area contributed by atoms with Gasteiger partial charge >= 0.3 is 0 Å². The van der Waals surface area contributed by atoms with Crippen molar-refractivity contribution in [3.8, 4) is 0 Å². The van der Waals surface area contributed by atoms with E-state index < -0.39 is 6.04 Å². The van der Waals surface area contributed by atoms with Gasteiger partial charge in [-0.1, -0.05) is 12.8 Å². The molecule has 2 atom stereocenters. The first kappa shape index (κ1) is 24.6. The fraction of sp³-hybridized carbons (Fsp3) is 0.789. The van der Waals surface area contributed by atoms with Gasteiger partial charge in [-0.3, -0.25) is 24.5 Å². The first-order valence-corrected chi connectivity index (χ1v) is 11.2. The standard InChI is InChI=1S/C19H34N4O4S/c1-14(24)21-10-6-5-9-18-22-16(17(26)11-20)8-4-2-3-7-15(25)12-28-13-19(27)23-18/h16,18,22H,2-13,20H2,1H3,(H,21,24)(H,23,27)/t16-,18?/m0/s1. The minimum absolute atomic E-state index is 0.0464. The molecule has 5 N–H and O–H groups in total. The molecule has 0 radical (unpaired) electrons. The minimum Gasteiger partial charge on any atom is -0.356 e. The number of thioether (sulfide) groups is 1. The van der Waals surface area contributed by atoms with Gasteiger partial charge in [0.15, 0.2) is 5.78 Å². The maximum absolute atomic E-state index is 12.2. The smallest absolute Gasteiger partial charge is 0.231 e. The first-order chi connectivity index (χ1) is 13.4. The number of Topliss-reactive ketones (excluding diaryl/α,β-unsaturated/α-hetero) is 2. The van der Waals surface area contributed by atoms with Gasteiger partial charge in [0.2, 0.25) is 11.8 Å². The van der Waals surface area contributed by atoms with Crippen molar-refractivity contribution >= 4 is 35.1 Å². The van der Waals surface area contributed by atoms with Crippen LogP contribution in [0, 0.1) is 0 Å². The molecule has 0 aromatic heterocycles. The molecule has 2 amide bonds. The molecule has 0 bridgehead atoms. The average Bonchev–Trinajstić information content (AvgIpc) is 2.64. The fourth-order valence-electron chi connectivity index (χ4n) is 3.07. The molecule has 0 aliphatic carbocycles. The SMILES string of the molecule is CC(=O)NCCCCC1NC(=O)CSCC(=O)CCCCC[C@@H](C(=O)CN)N1. The van der Waals surface area contributed by atoms with E-state index in [4.69, 9.17) is 5.73 Å². The van der Waals surface area contributed by atoms with Crippen LogP contribution in [-0.2, 0) is 19.2 Å². The van der Waals surface area contributed by atoms with Crippen LogP contribution in [0.15, 0.2) is 0 Å². The number of nitrogens with two attached hydrogens (primary N) is 1. The summed E-state index contributed by atoms with van der Waals surface area (Å²) in [6, 6.07) is -0.406. The highest BCUT2D eigenvalue weighted by atomic mass is 32.2. The normalized spacial score (nSPS) is 22.8. The topological polar surface area (TPSA) is 130 Å². The van der Waals surface area contributed by atoms with Crippen molar-refractivity contribution in [3.05, 3.63) is 0 Å². The highest BCUT2D eigenvalue weighted by Crippen LogP contribution is 2.12. The lowest BCUT2D eigenvalue weighted by Gasteiger charge is -2.26. The zero-order chi connectivity index (χ0) is 20.8. The fourth-order valence-corrected chi connectivity index (χ4v) is 3.81. The molecule has 0 saturated carbocycles. The lowest BCUT2D eigenvalue weighted by Crippen LogP contribution is -2.53. The largest absolute Gasteiger partial charge is 0.356 e. The molecule has 1 rings (SSSR count). The molecule has 1 aliphatic heterocycles. The molecule has 1 fully saturated rings. The Morgan fingerprint density at radius 2 is 1.96 bits per heavy atom. The number of unbranched alkanes of at least 4 members (excludes halogenated alkanes) is 1. The van der Waals surface area contributed by atoms with Crippen molar-refractivity contribution in [2.45, 2.75) is 70.5 Å². The van der Waals surface area contributed by atoms with E-state index in [0.717, 1.165) is 32.1 Å². The van der Waals surface area contributed by atoms with E-state index in [1.165, 1.54) is 18.7 Å². The number of carbonyl (C=O) groups is 4. The number of nitrogens with one attached hydrogen (secondary N) is 3. The Kier molecular flexibility index (Phi) is 12.8. The molecule has 160 valence electrons. The average molecular weight is 415 g/mol. The molecule has 28 heavy (non-hydrogen) atoms. The Bertz CT molecular complexity index is 530. The molecule has 0 aromatic rings. The second kappa shape index (κ2) is 14.5. The van der Waals surface area contributed by atoms with Crippen LogP contribution in [0.25, 0.3) is 0 Å². The molecule has 0 aromatic carbocycles. The van der Waals surface area contributed by atoms with Crippen LogP contribution in [0.2, 0.25) is 0 Å². The third-order valence-corrected chi connectivity index (χ3v) is 5.56. The predicted molar refractivity (Wildman–Crippen MR) is 111 cm³/mol. The highest BCUT2D eigenvalue weighted by Gasteiger charge is 2.22. The van der Waals surface area contributed by atoms with Crippen molar-refractivity contribution in [3.63, 3.8) is 0 Å². The summed E-state index contributed by atoms with van der Waals surface area (Å²) in [5, 5.41) is 8.95. The van der Waals surface area contributed by atoms with Gasteiger partial charge in [0.05, 0.1) is 30.3 Å². The molecule has 9 heteroatoms. The predicted octanol–water partition coefficient (Wildman–Crippen LogP) is 0.488. The van der Waals surface area contributed by atoms with Crippen LogP contribution in [0.3, 0.4) is 0 Å². The second-order valence-corrected chi connectivity index (χ2v) is 8.10. The van der Waals surface area contributed by atoms with Crippen molar-refractivity contribution in [1.29, 1.82) is 0 Å². The van der Waals surface area contributed by atoms with Crippen LogP contribution >= 0.6 is 11.8 Å². The second-order valence-electron chi connectivity index (χ2n) is 7.12. The van der Waals surface area contributed by atoms with Gasteiger partial charge in [-0.2, -0.15) is 0 Å². The van der Waals surface area contributed by atoms with Crippen molar-refractivity contribution in [2.75, 3.05) is 24.6 Å². The van der Waals surface area contributed by atoms with Gasteiger partial charge in [-0.15, -0.1) is 11.8 Å². The Morgan fingerprint density at radius 3 is 2.68 bits per heavy atom. The van der Waals surface area contributed by atoms with E-state index in [1.807, 2.05) is 0 Å². The summed E-state index contributed by atoms with van der Waals surface area (Å²) in [5.41, 5.74) is 5.56. The van der Waals surface area contributed by atoms with Crippen molar-refractivity contribution in [2.24, 2.45) is 5.73 Å². The molecule has 1 saturated heterocycles. The Balaban J connectivity index is 2.68. The summed E-state index contributed by atoms with van der Waals surface area (Å²) in [4.78, 5) is 47.2. The summed E-state index contributed by atoms with van der Waals surface area (Å²) < 4.78 is 0.